The highest BCUT2D eigenvalue weighted by atomic mass is 35.5. The molecule has 2 aromatic rings. The van der Waals surface area contributed by atoms with Crippen molar-refractivity contribution < 1.29 is 4.79 Å². The molecule has 0 radical (unpaired) electrons. The van der Waals surface area contributed by atoms with Gasteiger partial charge in [0.25, 0.3) is 0 Å². The first kappa shape index (κ1) is 14.4. The summed E-state index contributed by atoms with van der Waals surface area (Å²) < 4.78 is 1.79. The zero-order valence-corrected chi connectivity index (χ0v) is 12.8. The third kappa shape index (κ3) is 3.19. The first-order valence-electron chi connectivity index (χ1n) is 6.71. The molecule has 1 fully saturated rings. The Kier molecular flexibility index (Phi) is 4.12. The third-order valence-electron chi connectivity index (χ3n) is 3.64. The molecule has 7 heteroatoms. The third-order valence-corrected chi connectivity index (χ3v) is 4.38. The molecule has 21 heavy (non-hydrogen) atoms. The van der Waals surface area contributed by atoms with Gasteiger partial charge in [0.15, 0.2) is 0 Å². The average Bonchev–Trinajstić information content (AvgIpc) is 2.92. The Hall–Kier alpha value is -1.59. The predicted octanol–water partition coefficient (Wildman–Crippen LogP) is 2.60. The smallest absolute Gasteiger partial charge is 0.223 e. The van der Waals surface area contributed by atoms with E-state index in [0.717, 1.165) is 5.56 Å². The average molecular weight is 325 g/mol. The van der Waals surface area contributed by atoms with Crippen molar-refractivity contribution in [2.45, 2.75) is 18.9 Å². The van der Waals surface area contributed by atoms with Crippen LogP contribution in [0.3, 0.4) is 0 Å². The molecule has 0 unspecified atom stereocenters. The Labute approximate surface area is 132 Å². The number of benzene rings is 1. The molecule has 2 heterocycles. The topological polar surface area (TPSA) is 51.0 Å². The Morgan fingerprint density at radius 1 is 1.29 bits per heavy atom. The molecule has 1 aliphatic heterocycles. The number of aryl methyl sites for hydroxylation is 1. The molecule has 0 N–H and O–H groups in total. The molecule has 1 aromatic heterocycles. The van der Waals surface area contributed by atoms with Crippen molar-refractivity contribution in [3.63, 3.8) is 0 Å². The van der Waals surface area contributed by atoms with Gasteiger partial charge in [-0.2, -0.15) is 0 Å². The normalized spacial score (nSPS) is 15.0. The molecule has 110 valence electrons. The molecule has 0 atom stereocenters. The SMILES string of the molecule is O=C(CCc1ccc(Cl)c(Cl)c1)N1CC(n2ccnn2)C1. The maximum absolute atomic E-state index is 12.1. The summed E-state index contributed by atoms with van der Waals surface area (Å²) in [7, 11) is 0. The van der Waals surface area contributed by atoms with E-state index in [1.807, 2.05) is 23.2 Å². The number of likely N-dealkylation sites (tertiary alicyclic amines) is 1. The van der Waals surface area contributed by atoms with Crippen LogP contribution >= 0.6 is 23.2 Å². The summed E-state index contributed by atoms with van der Waals surface area (Å²) in [6.07, 6.45) is 4.61. The van der Waals surface area contributed by atoms with Crippen LogP contribution in [0, 0.1) is 0 Å². The van der Waals surface area contributed by atoms with Crippen LogP contribution in [0.4, 0.5) is 0 Å². The second-order valence-corrected chi connectivity index (χ2v) is 5.90. The fourth-order valence-electron chi connectivity index (χ4n) is 2.34. The summed E-state index contributed by atoms with van der Waals surface area (Å²) in [4.78, 5) is 13.9. The summed E-state index contributed by atoms with van der Waals surface area (Å²) in [5.74, 6) is 0.150. The van der Waals surface area contributed by atoms with E-state index in [-0.39, 0.29) is 11.9 Å². The maximum Gasteiger partial charge on any atom is 0.223 e. The van der Waals surface area contributed by atoms with Gasteiger partial charge in [0, 0.05) is 25.7 Å². The monoisotopic (exact) mass is 324 g/mol. The minimum absolute atomic E-state index is 0.150. The Balaban J connectivity index is 1.48. The van der Waals surface area contributed by atoms with E-state index in [9.17, 15) is 4.79 Å². The second-order valence-electron chi connectivity index (χ2n) is 5.08. The minimum Gasteiger partial charge on any atom is -0.338 e. The largest absolute Gasteiger partial charge is 0.338 e. The van der Waals surface area contributed by atoms with E-state index in [4.69, 9.17) is 23.2 Å². The fourth-order valence-corrected chi connectivity index (χ4v) is 2.66. The maximum atomic E-state index is 12.1. The Morgan fingerprint density at radius 3 is 2.76 bits per heavy atom. The number of hydrogen-bond donors (Lipinski definition) is 0. The number of rotatable bonds is 4. The highest BCUT2D eigenvalue weighted by Gasteiger charge is 2.31. The highest BCUT2D eigenvalue weighted by molar-refractivity contribution is 6.42. The van der Waals surface area contributed by atoms with Crippen molar-refractivity contribution in [2.75, 3.05) is 13.1 Å². The Morgan fingerprint density at radius 2 is 2.10 bits per heavy atom. The van der Waals surface area contributed by atoms with Crippen LogP contribution in [0.2, 0.25) is 10.0 Å². The lowest BCUT2D eigenvalue weighted by molar-refractivity contribution is -0.137. The van der Waals surface area contributed by atoms with Crippen LogP contribution < -0.4 is 0 Å². The molecule has 5 nitrogen and oxygen atoms in total. The number of carbonyl (C=O) groups excluding carboxylic acids is 1. The van der Waals surface area contributed by atoms with Crippen LogP contribution in [0.15, 0.2) is 30.6 Å². The van der Waals surface area contributed by atoms with Gasteiger partial charge in [-0.1, -0.05) is 34.5 Å². The van der Waals surface area contributed by atoms with Crippen molar-refractivity contribution in [1.29, 1.82) is 0 Å². The van der Waals surface area contributed by atoms with Crippen LogP contribution in [0.25, 0.3) is 0 Å². The molecule has 3 rings (SSSR count). The number of aromatic nitrogens is 3. The van der Waals surface area contributed by atoms with Gasteiger partial charge >= 0.3 is 0 Å². The molecule has 0 aliphatic carbocycles. The lowest BCUT2D eigenvalue weighted by Crippen LogP contribution is -2.50. The van der Waals surface area contributed by atoms with Gasteiger partial charge in [0.2, 0.25) is 5.91 Å². The fraction of sp³-hybridized carbons (Fsp3) is 0.357. The molecule has 0 bridgehead atoms. The number of carbonyl (C=O) groups is 1. The number of halogens is 2. The number of hydrogen-bond acceptors (Lipinski definition) is 3. The van der Waals surface area contributed by atoms with Crippen molar-refractivity contribution in [1.82, 2.24) is 19.9 Å². The molecule has 0 spiro atoms. The van der Waals surface area contributed by atoms with Crippen LogP contribution in [-0.2, 0) is 11.2 Å². The van der Waals surface area contributed by atoms with Gasteiger partial charge in [-0.25, -0.2) is 4.68 Å². The highest BCUT2D eigenvalue weighted by Crippen LogP contribution is 2.24. The lowest BCUT2D eigenvalue weighted by Gasteiger charge is -2.38. The van der Waals surface area contributed by atoms with Crippen molar-refractivity contribution >= 4 is 29.1 Å². The van der Waals surface area contributed by atoms with Crippen molar-refractivity contribution in [3.8, 4) is 0 Å². The number of nitrogens with zero attached hydrogens (tertiary/aromatic N) is 4. The van der Waals surface area contributed by atoms with Crippen LogP contribution in [0.1, 0.15) is 18.0 Å². The zero-order valence-electron chi connectivity index (χ0n) is 11.2. The first-order chi connectivity index (χ1) is 10.1. The van der Waals surface area contributed by atoms with E-state index in [2.05, 4.69) is 10.3 Å². The molecule has 1 aliphatic rings. The molecule has 1 aromatic carbocycles. The molecular weight excluding hydrogens is 311 g/mol. The predicted molar refractivity (Wildman–Crippen MR) is 80.4 cm³/mol. The lowest BCUT2D eigenvalue weighted by atomic mass is 10.1. The summed E-state index contributed by atoms with van der Waals surface area (Å²) in [5, 5.41) is 8.78. The Bertz CT molecular complexity index is 638. The standard InChI is InChI=1S/C14H14Cl2N4O/c15-12-3-1-10(7-13(12)16)2-4-14(21)19-8-11(9-19)20-6-5-17-18-20/h1,3,5-7,11H,2,4,8-9H2. The molecule has 1 amide bonds. The molecular formula is C14H14Cl2N4O. The zero-order chi connectivity index (χ0) is 14.8. The minimum atomic E-state index is 0.150. The van der Waals surface area contributed by atoms with E-state index in [1.54, 1.807) is 16.9 Å². The van der Waals surface area contributed by atoms with Gasteiger partial charge in [-0.05, 0) is 24.1 Å². The van der Waals surface area contributed by atoms with Crippen molar-refractivity contribution in [3.05, 3.63) is 46.2 Å². The summed E-state index contributed by atoms with van der Waals surface area (Å²) in [5.41, 5.74) is 1.02. The van der Waals surface area contributed by atoms with Gasteiger partial charge in [-0.3, -0.25) is 4.79 Å². The van der Waals surface area contributed by atoms with E-state index < -0.39 is 0 Å². The quantitative estimate of drug-likeness (QED) is 0.868. The van der Waals surface area contributed by atoms with E-state index in [0.29, 0.717) is 36.0 Å². The van der Waals surface area contributed by atoms with Gasteiger partial charge < -0.3 is 4.90 Å². The number of amides is 1. The van der Waals surface area contributed by atoms with Crippen LogP contribution in [0.5, 0.6) is 0 Å². The van der Waals surface area contributed by atoms with E-state index >= 15 is 0 Å². The first-order valence-corrected chi connectivity index (χ1v) is 7.46. The second kappa shape index (κ2) is 6.03. The molecule has 1 saturated heterocycles. The van der Waals surface area contributed by atoms with E-state index in [1.165, 1.54) is 0 Å². The summed E-state index contributed by atoms with van der Waals surface area (Å²) >= 11 is 11.8. The molecule has 0 saturated carbocycles. The van der Waals surface area contributed by atoms with Crippen molar-refractivity contribution in [2.24, 2.45) is 0 Å². The van der Waals surface area contributed by atoms with Gasteiger partial charge in [0.05, 0.1) is 22.3 Å². The van der Waals surface area contributed by atoms with Gasteiger partial charge in [-0.15, -0.1) is 5.10 Å². The van der Waals surface area contributed by atoms with Crippen LogP contribution in [-0.4, -0.2) is 38.9 Å². The summed E-state index contributed by atoms with van der Waals surface area (Å²) in [6, 6.07) is 5.72. The van der Waals surface area contributed by atoms with Gasteiger partial charge in [0.1, 0.15) is 0 Å². The summed E-state index contributed by atoms with van der Waals surface area (Å²) in [6.45, 7) is 1.40.